The SMILES string of the molecule is Cc1ccccc1CON=C1C(=O)N(c2ccccc2)c2ccccc21. The van der Waals surface area contributed by atoms with Crippen LogP contribution in [0, 0.1) is 6.92 Å². The van der Waals surface area contributed by atoms with E-state index in [-0.39, 0.29) is 5.91 Å². The summed E-state index contributed by atoms with van der Waals surface area (Å²) in [5, 5.41) is 4.18. The second-order valence-electron chi connectivity index (χ2n) is 6.13. The molecule has 0 fully saturated rings. The summed E-state index contributed by atoms with van der Waals surface area (Å²) in [4.78, 5) is 20.2. The van der Waals surface area contributed by atoms with E-state index in [1.54, 1.807) is 4.90 Å². The van der Waals surface area contributed by atoms with Crippen molar-refractivity contribution in [3.63, 3.8) is 0 Å². The number of oxime groups is 1. The van der Waals surface area contributed by atoms with E-state index in [1.165, 1.54) is 0 Å². The van der Waals surface area contributed by atoms with Crippen LogP contribution in [-0.2, 0) is 16.2 Å². The van der Waals surface area contributed by atoms with Crippen LogP contribution < -0.4 is 4.90 Å². The Hall–Kier alpha value is -3.40. The average Bonchev–Trinajstić information content (AvgIpc) is 2.96. The minimum Gasteiger partial charge on any atom is -0.390 e. The molecular formula is C22H18N2O2. The Kier molecular flexibility index (Phi) is 4.23. The van der Waals surface area contributed by atoms with Crippen LogP contribution in [0.25, 0.3) is 0 Å². The molecule has 3 aromatic carbocycles. The number of hydrogen-bond donors (Lipinski definition) is 0. The largest absolute Gasteiger partial charge is 0.390 e. The second-order valence-corrected chi connectivity index (χ2v) is 6.13. The van der Waals surface area contributed by atoms with Gasteiger partial charge in [0.1, 0.15) is 6.61 Å². The van der Waals surface area contributed by atoms with Gasteiger partial charge in [-0.25, -0.2) is 0 Å². The van der Waals surface area contributed by atoms with Crippen LogP contribution in [-0.4, -0.2) is 11.6 Å². The minimum atomic E-state index is -0.179. The fourth-order valence-electron chi connectivity index (χ4n) is 3.06. The normalized spacial score (nSPS) is 14.6. The molecule has 0 saturated heterocycles. The summed E-state index contributed by atoms with van der Waals surface area (Å²) >= 11 is 0. The molecule has 0 saturated carbocycles. The fraction of sp³-hybridized carbons (Fsp3) is 0.0909. The van der Waals surface area contributed by atoms with Crippen molar-refractivity contribution in [2.24, 2.45) is 5.16 Å². The zero-order valence-electron chi connectivity index (χ0n) is 14.4. The van der Waals surface area contributed by atoms with Gasteiger partial charge in [0.15, 0.2) is 5.71 Å². The summed E-state index contributed by atoms with van der Waals surface area (Å²) in [5.41, 5.74) is 4.94. The highest BCUT2D eigenvalue weighted by Crippen LogP contribution is 2.35. The zero-order chi connectivity index (χ0) is 17.9. The molecule has 0 unspecified atom stereocenters. The van der Waals surface area contributed by atoms with Crippen molar-refractivity contribution in [2.45, 2.75) is 13.5 Å². The van der Waals surface area contributed by atoms with Gasteiger partial charge < -0.3 is 4.84 Å². The molecule has 0 aliphatic carbocycles. The second kappa shape index (κ2) is 6.84. The van der Waals surface area contributed by atoms with Crippen LogP contribution >= 0.6 is 0 Å². The Bertz CT molecular complexity index is 980. The monoisotopic (exact) mass is 342 g/mol. The van der Waals surface area contributed by atoms with Gasteiger partial charge in [0, 0.05) is 11.3 Å². The van der Waals surface area contributed by atoms with Crippen LogP contribution in [0.1, 0.15) is 16.7 Å². The number of rotatable bonds is 4. The topological polar surface area (TPSA) is 41.9 Å². The first kappa shape index (κ1) is 16.1. The van der Waals surface area contributed by atoms with Gasteiger partial charge in [-0.1, -0.05) is 65.8 Å². The molecular weight excluding hydrogens is 324 g/mol. The maximum Gasteiger partial charge on any atom is 0.285 e. The number of carbonyl (C=O) groups excluding carboxylic acids is 1. The van der Waals surface area contributed by atoms with Gasteiger partial charge in [-0.05, 0) is 36.2 Å². The maximum absolute atomic E-state index is 13.0. The Morgan fingerprint density at radius 1 is 0.885 bits per heavy atom. The summed E-state index contributed by atoms with van der Waals surface area (Å²) in [5.74, 6) is -0.179. The Balaban J connectivity index is 1.65. The van der Waals surface area contributed by atoms with Crippen molar-refractivity contribution < 1.29 is 9.63 Å². The molecule has 0 spiro atoms. The van der Waals surface area contributed by atoms with Gasteiger partial charge in [0.25, 0.3) is 5.91 Å². The highest BCUT2D eigenvalue weighted by Gasteiger charge is 2.35. The van der Waals surface area contributed by atoms with Gasteiger partial charge in [0.05, 0.1) is 5.69 Å². The molecule has 1 amide bonds. The molecule has 4 heteroatoms. The van der Waals surface area contributed by atoms with E-state index < -0.39 is 0 Å². The van der Waals surface area contributed by atoms with E-state index in [4.69, 9.17) is 4.84 Å². The molecule has 1 heterocycles. The number of para-hydroxylation sites is 2. The molecule has 0 aromatic heterocycles. The van der Waals surface area contributed by atoms with E-state index in [2.05, 4.69) is 5.16 Å². The summed E-state index contributed by atoms with van der Waals surface area (Å²) < 4.78 is 0. The number of nitrogens with zero attached hydrogens (tertiary/aromatic N) is 2. The number of fused-ring (bicyclic) bond motifs is 1. The molecule has 4 rings (SSSR count). The first-order chi connectivity index (χ1) is 12.8. The van der Waals surface area contributed by atoms with E-state index in [0.29, 0.717) is 12.3 Å². The van der Waals surface area contributed by atoms with Gasteiger partial charge in [0.2, 0.25) is 0 Å². The molecule has 128 valence electrons. The van der Waals surface area contributed by atoms with Crippen molar-refractivity contribution >= 4 is 23.0 Å². The van der Waals surface area contributed by atoms with E-state index in [0.717, 1.165) is 28.1 Å². The van der Waals surface area contributed by atoms with Gasteiger partial charge in [-0.3, -0.25) is 9.69 Å². The van der Waals surface area contributed by atoms with Crippen LogP contribution in [0.5, 0.6) is 0 Å². The quantitative estimate of drug-likeness (QED) is 0.651. The van der Waals surface area contributed by atoms with Gasteiger partial charge >= 0.3 is 0 Å². The number of hydrogen-bond acceptors (Lipinski definition) is 3. The third-order valence-electron chi connectivity index (χ3n) is 4.46. The lowest BCUT2D eigenvalue weighted by atomic mass is 10.1. The maximum atomic E-state index is 13.0. The molecule has 0 atom stereocenters. The molecule has 3 aromatic rings. The lowest BCUT2D eigenvalue weighted by molar-refractivity contribution is -0.111. The lowest BCUT2D eigenvalue weighted by Gasteiger charge is -2.16. The van der Waals surface area contributed by atoms with Crippen LogP contribution in [0.15, 0.2) is 84.0 Å². The number of aryl methyl sites for hydroxylation is 1. The summed E-state index contributed by atoms with van der Waals surface area (Å²) in [6.07, 6.45) is 0. The molecule has 26 heavy (non-hydrogen) atoms. The Labute approximate surface area is 152 Å². The van der Waals surface area contributed by atoms with Crippen molar-refractivity contribution in [1.82, 2.24) is 0 Å². The molecule has 1 aliphatic heterocycles. The highest BCUT2D eigenvalue weighted by molar-refractivity contribution is 6.55. The van der Waals surface area contributed by atoms with Gasteiger partial charge in [-0.2, -0.15) is 0 Å². The first-order valence-corrected chi connectivity index (χ1v) is 8.49. The van der Waals surface area contributed by atoms with Crippen molar-refractivity contribution in [3.8, 4) is 0 Å². The Morgan fingerprint density at radius 2 is 1.58 bits per heavy atom. The fourth-order valence-corrected chi connectivity index (χ4v) is 3.06. The molecule has 0 N–H and O–H groups in total. The van der Waals surface area contributed by atoms with E-state index in [9.17, 15) is 4.79 Å². The smallest absolute Gasteiger partial charge is 0.285 e. The standard InChI is InChI=1S/C22H18N2O2/c1-16-9-5-6-10-17(16)15-26-23-21-19-13-7-8-14-20(19)24(22(21)25)18-11-3-2-4-12-18/h2-14H,15H2,1H3. The molecule has 0 bridgehead atoms. The van der Waals surface area contributed by atoms with Crippen LogP contribution in [0.4, 0.5) is 11.4 Å². The molecule has 1 aliphatic rings. The van der Waals surface area contributed by atoms with Crippen LogP contribution in [0.2, 0.25) is 0 Å². The van der Waals surface area contributed by atoms with E-state index >= 15 is 0 Å². The summed E-state index contributed by atoms with van der Waals surface area (Å²) in [7, 11) is 0. The summed E-state index contributed by atoms with van der Waals surface area (Å²) in [6, 6.07) is 25.2. The molecule has 0 radical (unpaired) electrons. The number of amides is 1. The highest BCUT2D eigenvalue weighted by atomic mass is 16.6. The van der Waals surface area contributed by atoms with Crippen molar-refractivity contribution in [2.75, 3.05) is 4.90 Å². The lowest BCUT2D eigenvalue weighted by Crippen LogP contribution is -2.25. The zero-order valence-corrected chi connectivity index (χ0v) is 14.4. The van der Waals surface area contributed by atoms with Crippen molar-refractivity contribution in [3.05, 3.63) is 95.6 Å². The molecule has 4 nitrogen and oxygen atoms in total. The van der Waals surface area contributed by atoms with Crippen LogP contribution in [0.3, 0.4) is 0 Å². The predicted molar refractivity (Wildman–Crippen MR) is 103 cm³/mol. The summed E-state index contributed by atoms with van der Waals surface area (Å²) in [6.45, 7) is 2.36. The van der Waals surface area contributed by atoms with E-state index in [1.807, 2.05) is 85.8 Å². The predicted octanol–water partition coefficient (Wildman–Crippen LogP) is 4.59. The Morgan fingerprint density at radius 3 is 2.38 bits per heavy atom. The number of carbonyl (C=O) groups is 1. The number of benzene rings is 3. The van der Waals surface area contributed by atoms with Gasteiger partial charge in [-0.15, -0.1) is 0 Å². The number of anilines is 2. The third-order valence-corrected chi connectivity index (χ3v) is 4.46. The van der Waals surface area contributed by atoms with Crippen molar-refractivity contribution in [1.29, 1.82) is 0 Å². The average molecular weight is 342 g/mol. The first-order valence-electron chi connectivity index (χ1n) is 8.49. The third kappa shape index (κ3) is 2.86. The minimum absolute atomic E-state index is 0.179.